The Labute approximate surface area is 127 Å². The maximum Gasteiger partial charge on any atom is 0.317 e. The highest BCUT2D eigenvalue weighted by atomic mass is 35.5. The third kappa shape index (κ3) is 3.86. The Bertz CT molecular complexity index is 537. The number of aliphatic carboxylic acids is 1. The summed E-state index contributed by atoms with van der Waals surface area (Å²) in [6.45, 7) is 0.693. The van der Waals surface area contributed by atoms with Crippen molar-refractivity contribution in [3.63, 3.8) is 0 Å². The molecule has 2 amide bonds. The van der Waals surface area contributed by atoms with E-state index < -0.39 is 17.9 Å². The average Bonchev–Trinajstić information content (AvgIpc) is 2.93. The fourth-order valence-electron chi connectivity index (χ4n) is 2.26. The number of ether oxygens (including phenoxy) is 1. The van der Waals surface area contributed by atoms with Crippen LogP contribution in [0.4, 0.5) is 4.79 Å². The van der Waals surface area contributed by atoms with Gasteiger partial charge in [0.25, 0.3) is 0 Å². The fourth-order valence-corrected chi connectivity index (χ4v) is 2.47. The van der Waals surface area contributed by atoms with Crippen molar-refractivity contribution < 1.29 is 19.4 Å². The van der Waals surface area contributed by atoms with Gasteiger partial charge in [-0.3, -0.25) is 4.79 Å². The van der Waals surface area contributed by atoms with E-state index in [0.717, 1.165) is 5.56 Å². The molecule has 1 fully saturated rings. The van der Waals surface area contributed by atoms with Crippen molar-refractivity contribution in [3.05, 3.63) is 34.9 Å². The van der Waals surface area contributed by atoms with E-state index in [1.807, 2.05) is 6.07 Å². The summed E-state index contributed by atoms with van der Waals surface area (Å²) in [6.07, 6.45) is 0. The number of hydrogen-bond acceptors (Lipinski definition) is 3. The van der Waals surface area contributed by atoms with Crippen molar-refractivity contribution in [2.24, 2.45) is 5.92 Å². The van der Waals surface area contributed by atoms with Gasteiger partial charge in [0.15, 0.2) is 0 Å². The minimum atomic E-state index is -0.952. The van der Waals surface area contributed by atoms with Gasteiger partial charge in [-0.25, -0.2) is 4.79 Å². The number of hydrogen-bond donors (Lipinski definition) is 2. The molecule has 114 valence electrons. The van der Waals surface area contributed by atoms with Gasteiger partial charge < -0.3 is 20.1 Å². The summed E-state index contributed by atoms with van der Waals surface area (Å²) < 4.78 is 5.16. The molecule has 2 unspecified atom stereocenters. The first kappa shape index (κ1) is 15.6. The van der Waals surface area contributed by atoms with Crippen LogP contribution in [-0.4, -0.2) is 48.3 Å². The third-order valence-corrected chi connectivity index (χ3v) is 3.75. The Balaban J connectivity index is 1.92. The second kappa shape index (κ2) is 6.78. The van der Waals surface area contributed by atoms with E-state index in [0.29, 0.717) is 11.6 Å². The number of nitrogens with zero attached hydrogens (tertiary/aromatic N) is 1. The number of carboxylic acids is 1. The van der Waals surface area contributed by atoms with Gasteiger partial charge in [-0.15, -0.1) is 0 Å². The van der Waals surface area contributed by atoms with Crippen molar-refractivity contribution in [2.75, 3.05) is 20.3 Å². The van der Waals surface area contributed by atoms with Gasteiger partial charge in [0, 0.05) is 18.6 Å². The highest BCUT2D eigenvalue weighted by molar-refractivity contribution is 6.30. The maximum atomic E-state index is 12.1. The van der Waals surface area contributed by atoms with Crippen LogP contribution in [0.1, 0.15) is 5.56 Å². The molecule has 2 rings (SSSR count). The van der Waals surface area contributed by atoms with E-state index in [4.69, 9.17) is 21.4 Å². The Morgan fingerprint density at radius 2 is 2.24 bits per heavy atom. The van der Waals surface area contributed by atoms with E-state index in [9.17, 15) is 9.59 Å². The van der Waals surface area contributed by atoms with Gasteiger partial charge in [-0.1, -0.05) is 23.7 Å². The van der Waals surface area contributed by atoms with E-state index >= 15 is 0 Å². The average molecular weight is 313 g/mol. The van der Waals surface area contributed by atoms with Crippen molar-refractivity contribution >= 4 is 23.6 Å². The van der Waals surface area contributed by atoms with E-state index in [-0.39, 0.29) is 19.2 Å². The summed E-state index contributed by atoms with van der Waals surface area (Å²) in [7, 11) is 1.57. The van der Waals surface area contributed by atoms with Gasteiger partial charge in [-0.2, -0.15) is 0 Å². The molecule has 0 spiro atoms. The van der Waals surface area contributed by atoms with Crippen LogP contribution >= 0.6 is 11.6 Å². The lowest BCUT2D eigenvalue weighted by Gasteiger charge is -2.26. The monoisotopic (exact) mass is 312 g/mol. The Kier molecular flexibility index (Phi) is 5.03. The first-order chi connectivity index (χ1) is 9.99. The van der Waals surface area contributed by atoms with Gasteiger partial charge in [-0.05, 0) is 17.7 Å². The molecule has 0 radical (unpaired) electrons. The molecule has 1 heterocycles. The molecular formula is C14H17ClN2O4. The number of benzene rings is 1. The summed E-state index contributed by atoms with van der Waals surface area (Å²) in [5.74, 6) is -1.64. The summed E-state index contributed by atoms with van der Waals surface area (Å²) in [5.41, 5.74) is 0.877. The SMILES string of the molecule is CN(C(=O)NCc1cccc(Cl)c1)C1COCC1C(=O)O. The van der Waals surface area contributed by atoms with Crippen molar-refractivity contribution in [2.45, 2.75) is 12.6 Å². The third-order valence-electron chi connectivity index (χ3n) is 3.52. The largest absolute Gasteiger partial charge is 0.481 e. The predicted octanol–water partition coefficient (Wildman–Crippen LogP) is 1.58. The van der Waals surface area contributed by atoms with Crippen LogP contribution in [0.15, 0.2) is 24.3 Å². The first-order valence-corrected chi connectivity index (χ1v) is 6.92. The molecule has 1 aromatic carbocycles. The number of likely N-dealkylation sites (N-methyl/N-ethyl adjacent to an activating group) is 1. The molecule has 21 heavy (non-hydrogen) atoms. The minimum absolute atomic E-state index is 0.131. The molecule has 7 heteroatoms. The van der Waals surface area contributed by atoms with Crippen molar-refractivity contribution in [1.29, 1.82) is 0 Å². The van der Waals surface area contributed by atoms with Crippen LogP contribution in [0.25, 0.3) is 0 Å². The number of rotatable bonds is 4. The van der Waals surface area contributed by atoms with Crippen LogP contribution in [-0.2, 0) is 16.1 Å². The summed E-state index contributed by atoms with van der Waals surface area (Å²) in [4.78, 5) is 24.6. The molecule has 2 atom stereocenters. The standard InChI is InChI=1S/C14H17ClN2O4/c1-17(12-8-21-7-11(12)13(18)19)14(20)16-6-9-3-2-4-10(15)5-9/h2-5,11-12H,6-8H2,1H3,(H,16,20)(H,18,19). The minimum Gasteiger partial charge on any atom is -0.481 e. The number of carboxylic acid groups (broad SMARTS) is 1. The summed E-state index contributed by atoms with van der Waals surface area (Å²) >= 11 is 5.88. The highest BCUT2D eigenvalue weighted by Crippen LogP contribution is 2.19. The lowest BCUT2D eigenvalue weighted by atomic mass is 10.0. The van der Waals surface area contributed by atoms with E-state index in [1.54, 1.807) is 25.2 Å². The Morgan fingerprint density at radius 1 is 1.48 bits per heavy atom. The molecule has 0 aromatic heterocycles. The summed E-state index contributed by atoms with van der Waals surface area (Å²) in [5, 5.41) is 12.4. The van der Waals surface area contributed by atoms with Crippen molar-refractivity contribution in [1.82, 2.24) is 10.2 Å². The lowest BCUT2D eigenvalue weighted by molar-refractivity contribution is -0.142. The number of halogens is 1. The normalized spacial score (nSPS) is 21.0. The molecule has 2 N–H and O–H groups in total. The number of carbonyl (C=O) groups excluding carboxylic acids is 1. The van der Waals surface area contributed by atoms with E-state index in [2.05, 4.69) is 5.32 Å². The molecular weight excluding hydrogens is 296 g/mol. The second-order valence-corrected chi connectivity index (χ2v) is 5.39. The summed E-state index contributed by atoms with van der Waals surface area (Å²) in [6, 6.07) is 6.38. The molecule has 1 saturated heterocycles. The molecule has 1 aliphatic rings. The zero-order valence-corrected chi connectivity index (χ0v) is 12.3. The maximum absolute atomic E-state index is 12.1. The van der Waals surface area contributed by atoms with Crippen LogP contribution in [0.5, 0.6) is 0 Å². The van der Waals surface area contributed by atoms with Crippen molar-refractivity contribution in [3.8, 4) is 0 Å². The first-order valence-electron chi connectivity index (χ1n) is 6.54. The van der Waals surface area contributed by atoms with E-state index in [1.165, 1.54) is 4.90 Å². The zero-order chi connectivity index (χ0) is 15.4. The van der Waals surface area contributed by atoms with Gasteiger partial charge in [0.1, 0.15) is 5.92 Å². The lowest BCUT2D eigenvalue weighted by Crippen LogP contribution is -2.48. The fraction of sp³-hybridized carbons (Fsp3) is 0.429. The quantitative estimate of drug-likeness (QED) is 0.885. The number of nitrogens with one attached hydrogen (secondary N) is 1. The van der Waals surface area contributed by atoms with Crippen LogP contribution in [0.3, 0.4) is 0 Å². The molecule has 1 aromatic rings. The Morgan fingerprint density at radius 3 is 2.90 bits per heavy atom. The molecule has 0 aliphatic carbocycles. The van der Waals surface area contributed by atoms with Gasteiger partial charge in [0.2, 0.25) is 0 Å². The number of amides is 2. The topological polar surface area (TPSA) is 78.9 Å². The molecule has 6 nitrogen and oxygen atoms in total. The van der Waals surface area contributed by atoms with Gasteiger partial charge >= 0.3 is 12.0 Å². The molecule has 0 saturated carbocycles. The number of urea groups is 1. The Hall–Kier alpha value is -1.79. The van der Waals surface area contributed by atoms with Gasteiger partial charge in [0.05, 0.1) is 19.3 Å². The van der Waals surface area contributed by atoms with Crippen LogP contribution in [0, 0.1) is 5.92 Å². The molecule has 0 bridgehead atoms. The van der Waals surface area contributed by atoms with Crippen LogP contribution in [0.2, 0.25) is 5.02 Å². The predicted molar refractivity (Wildman–Crippen MR) is 77.2 cm³/mol. The zero-order valence-electron chi connectivity index (χ0n) is 11.6. The highest BCUT2D eigenvalue weighted by Gasteiger charge is 2.38. The van der Waals surface area contributed by atoms with Crippen LogP contribution < -0.4 is 5.32 Å². The smallest absolute Gasteiger partial charge is 0.317 e. The second-order valence-electron chi connectivity index (χ2n) is 4.95. The number of carbonyl (C=O) groups is 2. The molecule has 1 aliphatic heterocycles.